The van der Waals surface area contributed by atoms with Gasteiger partial charge in [-0.1, -0.05) is 11.6 Å². The molecule has 1 heterocycles. The molecule has 0 aromatic heterocycles. The Labute approximate surface area is 153 Å². The van der Waals surface area contributed by atoms with Gasteiger partial charge in [0.05, 0.1) is 11.4 Å². The third-order valence-corrected chi connectivity index (χ3v) is 4.05. The third kappa shape index (κ3) is 3.67. The van der Waals surface area contributed by atoms with Gasteiger partial charge in [0.2, 0.25) is 5.91 Å². The van der Waals surface area contributed by atoms with Gasteiger partial charge in [-0.2, -0.15) is 0 Å². The molecule has 3 rings (SSSR count). The number of aromatic hydroxyl groups is 1. The second kappa shape index (κ2) is 7.00. The number of carbonyl (C=O) groups excluding carboxylic acids is 2. The molecule has 2 aromatic rings. The second-order valence-corrected chi connectivity index (χ2v) is 6.04. The zero-order valence-electron chi connectivity index (χ0n) is 12.7. The van der Waals surface area contributed by atoms with E-state index in [9.17, 15) is 14.7 Å². The maximum Gasteiger partial charge on any atom is 0.251 e. The number of thiocarbonyl (C=S) groups is 1. The van der Waals surface area contributed by atoms with Crippen LogP contribution in [0.4, 0.5) is 11.4 Å². The number of carbonyl (C=O) groups is 2. The zero-order chi connectivity index (χ0) is 18.0. The quantitative estimate of drug-likeness (QED) is 0.492. The van der Waals surface area contributed by atoms with E-state index in [1.54, 1.807) is 36.4 Å². The molecule has 1 aliphatic heterocycles. The van der Waals surface area contributed by atoms with Crippen molar-refractivity contribution in [1.82, 2.24) is 5.32 Å². The molecule has 1 aliphatic rings. The number of benzene rings is 2. The average Bonchev–Trinajstić information content (AvgIpc) is 2.57. The molecular weight excluding hydrogens is 362 g/mol. The van der Waals surface area contributed by atoms with Gasteiger partial charge in [0.15, 0.2) is 11.0 Å². The Morgan fingerprint density at radius 1 is 1.12 bits per heavy atom. The number of nitrogens with one attached hydrogen (secondary N) is 1. The molecule has 0 aliphatic carbocycles. The van der Waals surface area contributed by atoms with Crippen molar-refractivity contribution in [3.05, 3.63) is 53.6 Å². The minimum Gasteiger partial charge on any atom is -0.508 e. The van der Waals surface area contributed by atoms with Gasteiger partial charge in [0.1, 0.15) is 5.75 Å². The molecule has 8 heteroatoms. The van der Waals surface area contributed by atoms with Gasteiger partial charge in [-0.05, 0) is 60.7 Å². The van der Waals surface area contributed by atoms with Gasteiger partial charge in [-0.25, -0.2) is 0 Å². The third-order valence-electron chi connectivity index (χ3n) is 3.51. The van der Waals surface area contributed by atoms with Crippen LogP contribution in [0.3, 0.4) is 0 Å². The molecule has 6 nitrogen and oxygen atoms in total. The van der Waals surface area contributed by atoms with E-state index in [4.69, 9.17) is 23.8 Å². The van der Waals surface area contributed by atoms with Crippen LogP contribution in [-0.2, 0) is 9.59 Å². The number of phenolic OH excluding ortho intramolecular Hbond substituents is 1. The molecule has 25 heavy (non-hydrogen) atoms. The van der Waals surface area contributed by atoms with Gasteiger partial charge in [0.25, 0.3) is 5.91 Å². The molecule has 0 unspecified atom stereocenters. The van der Waals surface area contributed by atoms with Crippen LogP contribution in [0.15, 0.2) is 53.5 Å². The number of aliphatic imine (C=N–C) groups is 1. The molecule has 0 bridgehead atoms. The van der Waals surface area contributed by atoms with Gasteiger partial charge < -0.3 is 10.4 Å². The molecule has 0 saturated carbocycles. The number of halogens is 1. The van der Waals surface area contributed by atoms with Crippen LogP contribution < -0.4 is 10.2 Å². The van der Waals surface area contributed by atoms with Gasteiger partial charge in [0, 0.05) is 11.2 Å². The molecule has 0 radical (unpaired) electrons. The normalized spacial score (nSPS) is 17.9. The van der Waals surface area contributed by atoms with E-state index in [0.717, 1.165) is 0 Å². The van der Waals surface area contributed by atoms with Crippen molar-refractivity contribution in [2.24, 2.45) is 10.9 Å². The topological polar surface area (TPSA) is 82.0 Å². The van der Waals surface area contributed by atoms with Crippen molar-refractivity contribution in [3.8, 4) is 5.75 Å². The van der Waals surface area contributed by atoms with Crippen molar-refractivity contribution in [2.45, 2.75) is 0 Å². The highest BCUT2D eigenvalue weighted by molar-refractivity contribution is 7.80. The van der Waals surface area contributed by atoms with Gasteiger partial charge in [-0.15, -0.1) is 0 Å². The van der Waals surface area contributed by atoms with Gasteiger partial charge >= 0.3 is 0 Å². The van der Waals surface area contributed by atoms with E-state index < -0.39 is 17.7 Å². The van der Waals surface area contributed by atoms with E-state index in [1.807, 2.05) is 0 Å². The standard InChI is InChI=1S/C17H12ClN3O3S/c18-10-1-5-12(6-2-10)21-16(24)14(15(23)20-17(21)25)9-19-11-3-7-13(22)8-4-11/h1-9,14,22H,(H,20,23,25)/t14-/m1/s1. The minimum absolute atomic E-state index is 0.00612. The second-order valence-electron chi connectivity index (χ2n) is 5.22. The van der Waals surface area contributed by atoms with Crippen LogP contribution >= 0.6 is 23.8 Å². The maximum absolute atomic E-state index is 12.7. The molecule has 2 N–H and O–H groups in total. The van der Waals surface area contributed by atoms with E-state index >= 15 is 0 Å². The summed E-state index contributed by atoms with van der Waals surface area (Å²) in [5, 5.41) is 12.3. The average molecular weight is 374 g/mol. The van der Waals surface area contributed by atoms with E-state index in [2.05, 4.69) is 10.3 Å². The van der Waals surface area contributed by atoms with Crippen LogP contribution in [0.2, 0.25) is 5.02 Å². The monoisotopic (exact) mass is 373 g/mol. The summed E-state index contributed by atoms with van der Waals surface area (Å²) >= 11 is 11.0. The summed E-state index contributed by atoms with van der Waals surface area (Å²) in [5.41, 5.74) is 1.01. The highest BCUT2D eigenvalue weighted by Crippen LogP contribution is 2.23. The van der Waals surface area contributed by atoms with Crippen LogP contribution in [-0.4, -0.2) is 28.2 Å². The predicted molar refractivity (Wildman–Crippen MR) is 99.4 cm³/mol. The Balaban J connectivity index is 1.87. The maximum atomic E-state index is 12.7. The number of amides is 2. The van der Waals surface area contributed by atoms with Crippen molar-refractivity contribution >= 4 is 58.3 Å². The van der Waals surface area contributed by atoms with Crippen LogP contribution in [0, 0.1) is 5.92 Å². The lowest BCUT2D eigenvalue weighted by Gasteiger charge is -2.30. The Hall–Kier alpha value is -2.77. The summed E-state index contributed by atoms with van der Waals surface area (Å²) in [6.45, 7) is 0. The Morgan fingerprint density at radius 3 is 2.40 bits per heavy atom. The zero-order valence-corrected chi connectivity index (χ0v) is 14.3. The Kier molecular flexibility index (Phi) is 4.78. The van der Waals surface area contributed by atoms with Crippen molar-refractivity contribution in [3.63, 3.8) is 0 Å². The fourth-order valence-electron chi connectivity index (χ4n) is 2.26. The lowest BCUT2D eigenvalue weighted by Crippen LogP contribution is -2.58. The number of hydrogen-bond acceptors (Lipinski definition) is 5. The Bertz CT molecular complexity index is 866. The van der Waals surface area contributed by atoms with E-state index in [0.29, 0.717) is 16.4 Å². The molecule has 2 amide bonds. The van der Waals surface area contributed by atoms with E-state index in [1.165, 1.54) is 23.2 Å². The first kappa shape index (κ1) is 17.1. The van der Waals surface area contributed by atoms with E-state index in [-0.39, 0.29) is 10.9 Å². The summed E-state index contributed by atoms with van der Waals surface area (Å²) < 4.78 is 0. The number of anilines is 1. The van der Waals surface area contributed by atoms with Crippen LogP contribution in [0.25, 0.3) is 0 Å². The van der Waals surface area contributed by atoms with Crippen LogP contribution in [0.5, 0.6) is 5.75 Å². The molecular formula is C17H12ClN3O3S. The number of nitrogens with zero attached hydrogens (tertiary/aromatic N) is 2. The van der Waals surface area contributed by atoms with Crippen molar-refractivity contribution < 1.29 is 14.7 Å². The number of rotatable bonds is 3. The molecule has 0 spiro atoms. The molecule has 2 aromatic carbocycles. The summed E-state index contributed by atoms with van der Waals surface area (Å²) in [5.74, 6) is -2.05. The predicted octanol–water partition coefficient (Wildman–Crippen LogP) is 2.81. The molecule has 1 atom stereocenters. The smallest absolute Gasteiger partial charge is 0.251 e. The summed E-state index contributed by atoms with van der Waals surface area (Å²) in [6, 6.07) is 12.6. The first-order valence-corrected chi connectivity index (χ1v) is 8.02. The molecule has 126 valence electrons. The SMILES string of the molecule is O=C1NC(=S)N(c2ccc(Cl)cc2)C(=O)[C@@H]1C=Nc1ccc(O)cc1. The summed E-state index contributed by atoms with van der Waals surface area (Å²) in [6.07, 6.45) is 1.26. The first-order chi connectivity index (χ1) is 12.0. The lowest BCUT2D eigenvalue weighted by molar-refractivity contribution is -0.130. The Morgan fingerprint density at radius 2 is 1.76 bits per heavy atom. The highest BCUT2D eigenvalue weighted by atomic mass is 35.5. The summed E-state index contributed by atoms with van der Waals surface area (Å²) in [7, 11) is 0. The minimum atomic E-state index is -1.11. The highest BCUT2D eigenvalue weighted by Gasteiger charge is 2.38. The van der Waals surface area contributed by atoms with Gasteiger partial charge in [-0.3, -0.25) is 19.5 Å². The molecule has 1 saturated heterocycles. The fourth-order valence-corrected chi connectivity index (χ4v) is 2.68. The number of phenols is 1. The molecule has 1 fully saturated rings. The lowest BCUT2D eigenvalue weighted by atomic mass is 10.1. The van der Waals surface area contributed by atoms with Crippen LogP contribution in [0.1, 0.15) is 0 Å². The summed E-state index contributed by atoms with van der Waals surface area (Å²) in [4.78, 5) is 30.2. The number of hydrogen-bond donors (Lipinski definition) is 2. The fraction of sp³-hybridized carbons (Fsp3) is 0.0588. The first-order valence-electron chi connectivity index (χ1n) is 7.23. The van der Waals surface area contributed by atoms with Crippen molar-refractivity contribution in [2.75, 3.05) is 4.90 Å². The largest absolute Gasteiger partial charge is 0.508 e. The van der Waals surface area contributed by atoms with Crippen molar-refractivity contribution in [1.29, 1.82) is 0 Å².